The van der Waals surface area contributed by atoms with Crippen molar-refractivity contribution in [3.05, 3.63) is 12.1 Å². The van der Waals surface area contributed by atoms with E-state index >= 15 is 0 Å². The summed E-state index contributed by atoms with van der Waals surface area (Å²) in [6.07, 6.45) is -6.74. The van der Waals surface area contributed by atoms with Gasteiger partial charge >= 0.3 is 5.97 Å². The Morgan fingerprint density at radius 1 is 0.882 bits per heavy atom. The summed E-state index contributed by atoms with van der Waals surface area (Å²) in [5.74, 6) is -1.23. The van der Waals surface area contributed by atoms with Gasteiger partial charge in [0, 0.05) is 44.2 Å². The van der Waals surface area contributed by atoms with Crippen molar-refractivity contribution in [1.82, 2.24) is 15.5 Å². The van der Waals surface area contributed by atoms with E-state index in [0.29, 0.717) is 42.5 Å². The maximum atomic E-state index is 14.7. The van der Waals surface area contributed by atoms with Gasteiger partial charge in [-0.15, -0.1) is 0 Å². The number of hydrogen-bond donors (Lipinski definition) is 6. The third-order valence-corrected chi connectivity index (χ3v) is 14.9. The summed E-state index contributed by atoms with van der Waals surface area (Å²) in [7, 11) is 10.0. The second-order valence-corrected chi connectivity index (χ2v) is 20.6. The Kier molecular flexibility index (Phi) is 20.7. The molecule has 68 heavy (non-hydrogen) atoms. The Morgan fingerprint density at radius 2 is 1.51 bits per heavy atom. The lowest BCUT2D eigenvalue weighted by Gasteiger charge is -2.53. The van der Waals surface area contributed by atoms with Gasteiger partial charge in [-0.25, -0.2) is 0 Å². The van der Waals surface area contributed by atoms with Gasteiger partial charge in [0.2, 0.25) is 5.75 Å². The summed E-state index contributed by atoms with van der Waals surface area (Å²) in [6.45, 7) is 21.0. The number of methoxy groups -OCH3 is 4. The molecule has 6 N–H and O–H groups in total. The number of aliphatic hydroxyl groups is 4. The number of likely N-dealkylation sites (N-methyl/N-ethyl adjacent to an activating group) is 1. The second kappa shape index (κ2) is 24.2. The number of nitrogens with one attached hydrogen (secondary N) is 2. The van der Waals surface area contributed by atoms with Crippen molar-refractivity contribution in [1.29, 1.82) is 0 Å². The van der Waals surface area contributed by atoms with E-state index in [1.54, 1.807) is 53.9 Å². The van der Waals surface area contributed by atoms with Gasteiger partial charge in [0.05, 0.1) is 63.3 Å². The van der Waals surface area contributed by atoms with Crippen LogP contribution in [0.25, 0.3) is 0 Å². The zero-order valence-corrected chi connectivity index (χ0v) is 44.1. The third kappa shape index (κ3) is 12.9. The molecule has 0 bridgehead atoms. The average Bonchev–Trinajstić information content (AvgIpc) is 3.28. The number of cyclic esters (lactones) is 1. The van der Waals surface area contributed by atoms with E-state index in [1.165, 1.54) is 28.3 Å². The number of aliphatic hydroxyl groups excluding tert-OH is 1. The molecular formula is C50H89N3O15. The lowest BCUT2D eigenvalue weighted by atomic mass is 9.75. The predicted molar refractivity (Wildman–Crippen MR) is 256 cm³/mol. The first kappa shape index (κ1) is 58.0. The Hall–Kier alpha value is -2.59. The number of carbonyl (C=O) groups excluding carboxylic acids is 1. The first-order valence-electron chi connectivity index (χ1n) is 24.6. The van der Waals surface area contributed by atoms with Crippen molar-refractivity contribution in [2.24, 2.45) is 17.8 Å². The van der Waals surface area contributed by atoms with Crippen LogP contribution in [-0.4, -0.2) is 183 Å². The highest BCUT2D eigenvalue weighted by Gasteiger charge is 2.58. The molecule has 3 aliphatic rings. The zero-order valence-electron chi connectivity index (χ0n) is 44.1. The van der Waals surface area contributed by atoms with E-state index in [9.17, 15) is 25.2 Å². The van der Waals surface area contributed by atoms with E-state index in [-0.39, 0.29) is 43.9 Å². The van der Waals surface area contributed by atoms with E-state index in [2.05, 4.69) is 15.5 Å². The third-order valence-electron chi connectivity index (χ3n) is 14.9. The van der Waals surface area contributed by atoms with E-state index in [1.807, 2.05) is 48.7 Å². The van der Waals surface area contributed by atoms with Crippen molar-refractivity contribution in [2.75, 3.05) is 62.2 Å². The molecule has 394 valence electrons. The highest BCUT2D eigenvalue weighted by molar-refractivity contribution is 5.73. The van der Waals surface area contributed by atoms with Crippen LogP contribution in [-0.2, 0) is 33.2 Å². The van der Waals surface area contributed by atoms with E-state index in [0.717, 1.165) is 6.42 Å². The fourth-order valence-corrected chi connectivity index (χ4v) is 10.6. The molecule has 3 heterocycles. The van der Waals surface area contributed by atoms with Crippen LogP contribution in [0.1, 0.15) is 108 Å². The minimum absolute atomic E-state index is 0.0720. The quantitative estimate of drug-likeness (QED) is 0.102. The van der Waals surface area contributed by atoms with E-state index < -0.39 is 95.5 Å². The Bertz CT molecular complexity index is 1710. The van der Waals surface area contributed by atoms with Gasteiger partial charge in [0.25, 0.3) is 0 Å². The van der Waals surface area contributed by atoms with Crippen molar-refractivity contribution in [3.8, 4) is 23.0 Å². The van der Waals surface area contributed by atoms with Crippen LogP contribution < -0.4 is 29.6 Å². The zero-order chi connectivity index (χ0) is 51.1. The molecule has 0 radical (unpaired) electrons. The van der Waals surface area contributed by atoms with Gasteiger partial charge in [-0.1, -0.05) is 27.7 Å². The minimum Gasteiger partial charge on any atom is -0.493 e. The number of ether oxygens (including phenoxy) is 10. The van der Waals surface area contributed by atoms with Crippen LogP contribution >= 0.6 is 0 Å². The van der Waals surface area contributed by atoms with Crippen molar-refractivity contribution in [2.45, 2.75) is 198 Å². The van der Waals surface area contributed by atoms with Crippen LogP contribution in [0.5, 0.6) is 23.0 Å². The molecule has 0 spiro atoms. The second-order valence-electron chi connectivity index (χ2n) is 20.6. The molecule has 3 aliphatic heterocycles. The minimum atomic E-state index is -1.84. The van der Waals surface area contributed by atoms with Crippen molar-refractivity contribution >= 4 is 5.97 Å². The molecule has 1 aromatic rings. The molecular weight excluding hydrogens is 883 g/mol. The Morgan fingerprint density at radius 3 is 2.06 bits per heavy atom. The van der Waals surface area contributed by atoms with Crippen LogP contribution in [0.15, 0.2) is 12.1 Å². The van der Waals surface area contributed by atoms with Crippen molar-refractivity contribution < 1.29 is 72.6 Å². The monoisotopic (exact) mass is 972 g/mol. The molecule has 0 unspecified atom stereocenters. The summed E-state index contributed by atoms with van der Waals surface area (Å²) in [5.41, 5.74) is -6.11. The normalized spacial score (nSPS) is 41.3. The van der Waals surface area contributed by atoms with Gasteiger partial charge < -0.3 is 83.3 Å². The predicted octanol–water partition coefficient (Wildman–Crippen LogP) is 4.04. The molecule has 18 nitrogen and oxygen atoms in total. The average molecular weight is 972 g/mol. The van der Waals surface area contributed by atoms with Crippen LogP contribution in [0.3, 0.4) is 0 Å². The number of esters is 1. The molecule has 0 amide bonds. The molecule has 0 saturated carbocycles. The van der Waals surface area contributed by atoms with Gasteiger partial charge in [-0.3, -0.25) is 4.79 Å². The number of hydrogen-bond acceptors (Lipinski definition) is 18. The summed E-state index contributed by atoms with van der Waals surface area (Å²) in [6, 6.07) is 2.53. The number of nitrogens with zero attached hydrogens (tertiary/aromatic N) is 1. The fourth-order valence-electron chi connectivity index (χ4n) is 10.6. The van der Waals surface area contributed by atoms with Crippen LogP contribution in [0.4, 0.5) is 0 Å². The fraction of sp³-hybridized carbons (Fsp3) is 0.860. The Balaban J connectivity index is 1.90. The Labute approximate surface area is 406 Å². The van der Waals surface area contributed by atoms with Gasteiger partial charge in [-0.2, -0.15) is 0 Å². The molecule has 0 aromatic heterocycles. The summed E-state index contributed by atoms with van der Waals surface area (Å²) in [5, 5.41) is 55.3. The maximum Gasteiger partial charge on any atom is 0.311 e. The molecule has 18 heteroatoms. The summed E-state index contributed by atoms with van der Waals surface area (Å²) < 4.78 is 63.5. The molecule has 3 fully saturated rings. The topological polar surface area (TPSA) is 218 Å². The molecule has 1 aromatic carbocycles. The first-order valence-corrected chi connectivity index (χ1v) is 24.6. The largest absolute Gasteiger partial charge is 0.493 e. The number of rotatable bonds is 16. The highest BCUT2D eigenvalue weighted by atomic mass is 16.7. The molecule has 3 saturated heterocycles. The first-order chi connectivity index (χ1) is 31.8. The smallest absolute Gasteiger partial charge is 0.311 e. The summed E-state index contributed by atoms with van der Waals surface area (Å²) in [4.78, 5) is 16.7. The molecule has 4 rings (SSSR count). The van der Waals surface area contributed by atoms with Crippen LogP contribution in [0.2, 0.25) is 0 Å². The highest BCUT2D eigenvalue weighted by Crippen LogP contribution is 2.45. The molecule has 0 aliphatic carbocycles. The lowest BCUT2D eigenvalue weighted by Crippen LogP contribution is -2.70. The lowest BCUT2D eigenvalue weighted by molar-refractivity contribution is -0.335. The van der Waals surface area contributed by atoms with Gasteiger partial charge in [0.15, 0.2) is 30.2 Å². The van der Waals surface area contributed by atoms with Crippen molar-refractivity contribution in [3.63, 3.8) is 0 Å². The van der Waals surface area contributed by atoms with Gasteiger partial charge in [0.1, 0.15) is 34.8 Å². The standard InChI is InChI=1S/C50H89N3O15/c1-18-20-51-27-50(58)33(8)64-39(25-48(50,10)62-17)67-40-30(5)44(47(9,56)24-28(3)26-52-32(7)43(54)49(11,57)38(19-2)66-45(55)31(40)6)68-46-41(35(53(12)13)21-29(4)63-46)65-34-22-36(59-14)42(61-16)37(23-34)60-15/h22-23,28-33,35,38-41,43-44,46,51-52,54,56-58H,18-21,24-27H2,1-17H3/t28-,29-,30+,31-,32-,33+,35+,38-,39+,40+,41-,43-,44-,46+,47-,48-,49-,50+/m1/s1. The number of benzene rings is 1. The summed E-state index contributed by atoms with van der Waals surface area (Å²) >= 11 is 0. The number of carbonyl (C=O) groups is 1. The van der Waals surface area contributed by atoms with Gasteiger partial charge in [-0.05, 0) is 107 Å². The van der Waals surface area contributed by atoms with Crippen LogP contribution in [0, 0.1) is 17.8 Å². The SMILES string of the molecule is CCCNC[C@]1(O)[C@H](C)O[C@@H](O[C@H]2[C@H](C)[C@@H](O[C@@H]3O[C@H](C)C[C@H](N(C)C)[C@H]3Oc3cc(OC)c(OC)c(OC)c3)[C@](C)(O)C[C@@H](C)CN[C@H](C)[C@@H](O)[C@](C)(O)[C@@H](CC)OC(=O)[C@@H]2C)C[C@@]1(C)OC. The maximum absolute atomic E-state index is 14.7. The van der Waals surface area contributed by atoms with E-state index in [4.69, 9.17) is 47.4 Å². The molecule has 18 atom stereocenters.